The standard InChI is InChI=1S/C17H15BrN2O/c18-11-7-13-12-3-1-2-4-15(12)20(9-10-5-6-10)16(13)14(8-11)17(19)21/h1-4,7-8,10H,5-6,9H2,(H2,19,21). The van der Waals surface area contributed by atoms with Crippen molar-refractivity contribution in [2.45, 2.75) is 19.4 Å². The zero-order valence-corrected chi connectivity index (χ0v) is 13.1. The van der Waals surface area contributed by atoms with Crippen molar-refractivity contribution >= 4 is 43.6 Å². The minimum Gasteiger partial charge on any atom is -0.366 e. The number of hydrogen-bond donors (Lipinski definition) is 1. The maximum Gasteiger partial charge on any atom is 0.250 e. The summed E-state index contributed by atoms with van der Waals surface area (Å²) >= 11 is 3.49. The van der Waals surface area contributed by atoms with Crippen LogP contribution < -0.4 is 5.73 Å². The van der Waals surface area contributed by atoms with Crippen molar-refractivity contribution in [2.75, 3.05) is 0 Å². The molecule has 1 aliphatic carbocycles. The fraction of sp³-hybridized carbons (Fsp3) is 0.235. The smallest absolute Gasteiger partial charge is 0.250 e. The summed E-state index contributed by atoms with van der Waals surface area (Å²) in [6.45, 7) is 0.964. The van der Waals surface area contributed by atoms with Crippen LogP contribution in [0.25, 0.3) is 21.8 Å². The molecule has 3 nitrogen and oxygen atoms in total. The SMILES string of the molecule is NC(=O)c1cc(Br)cc2c3ccccc3n(CC3CC3)c12. The number of para-hydroxylation sites is 1. The van der Waals surface area contributed by atoms with Crippen LogP contribution in [-0.2, 0) is 6.54 Å². The monoisotopic (exact) mass is 342 g/mol. The van der Waals surface area contributed by atoms with Crippen LogP contribution in [0.1, 0.15) is 23.2 Å². The van der Waals surface area contributed by atoms with Gasteiger partial charge in [-0.15, -0.1) is 0 Å². The first-order chi connectivity index (χ1) is 10.1. The summed E-state index contributed by atoms with van der Waals surface area (Å²) in [6.07, 6.45) is 2.55. The van der Waals surface area contributed by atoms with Crippen molar-refractivity contribution in [3.63, 3.8) is 0 Å². The van der Waals surface area contributed by atoms with Gasteiger partial charge in [0.25, 0.3) is 5.91 Å². The second kappa shape index (κ2) is 4.60. The fourth-order valence-corrected chi connectivity index (χ4v) is 3.55. The first-order valence-corrected chi connectivity index (χ1v) is 7.95. The molecular weight excluding hydrogens is 328 g/mol. The molecule has 106 valence electrons. The molecule has 1 saturated carbocycles. The summed E-state index contributed by atoms with van der Waals surface area (Å²) in [6, 6.07) is 12.2. The van der Waals surface area contributed by atoms with Gasteiger partial charge in [-0.05, 0) is 37.0 Å². The van der Waals surface area contributed by atoms with E-state index in [1.54, 1.807) is 0 Å². The van der Waals surface area contributed by atoms with Crippen LogP contribution in [0.15, 0.2) is 40.9 Å². The molecule has 0 aliphatic heterocycles. The Bertz CT molecular complexity index is 877. The van der Waals surface area contributed by atoms with Gasteiger partial charge in [-0.2, -0.15) is 0 Å². The molecule has 0 spiro atoms. The van der Waals surface area contributed by atoms with Crippen LogP contribution in [0.4, 0.5) is 0 Å². The van der Waals surface area contributed by atoms with Gasteiger partial charge in [-0.25, -0.2) is 0 Å². The quantitative estimate of drug-likeness (QED) is 0.766. The van der Waals surface area contributed by atoms with E-state index in [4.69, 9.17) is 5.73 Å². The Morgan fingerprint density at radius 2 is 2.00 bits per heavy atom. The Balaban J connectivity index is 2.16. The minimum absolute atomic E-state index is 0.374. The highest BCUT2D eigenvalue weighted by Crippen LogP contribution is 2.38. The van der Waals surface area contributed by atoms with Gasteiger partial charge in [0.2, 0.25) is 0 Å². The predicted molar refractivity (Wildman–Crippen MR) is 88.4 cm³/mol. The van der Waals surface area contributed by atoms with Gasteiger partial charge in [0.05, 0.1) is 11.1 Å². The van der Waals surface area contributed by atoms with Gasteiger partial charge < -0.3 is 10.3 Å². The fourth-order valence-electron chi connectivity index (χ4n) is 3.09. The van der Waals surface area contributed by atoms with E-state index in [-0.39, 0.29) is 5.91 Å². The van der Waals surface area contributed by atoms with E-state index in [2.05, 4.69) is 38.7 Å². The van der Waals surface area contributed by atoms with Gasteiger partial charge in [0.1, 0.15) is 0 Å². The largest absolute Gasteiger partial charge is 0.366 e. The number of carbonyl (C=O) groups is 1. The summed E-state index contributed by atoms with van der Waals surface area (Å²) in [5, 5.41) is 2.27. The number of nitrogens with zero attached hydrogens (tertiary/aromatic N) is 1. The number of aromatic nitrogens is 1. The van der Waals surface area contributed by atoms with E-state index in [9.17, 15) is 4.79 Å². The van der Waals surface area contributed by atoms with Crippen molar-refractivity contribution in [1.82, 2.24) is 4.57 Å². The van der Waals surface area contributed by atoms with E-state index in [0.29, 0.717) is 5.56 Å². The summed E-state index contributed by atoms with van der Waals surface area (Å²) in [5.41, 5.74) is 8.36. The number of carbonyl (C=O) groups excluding carboxylic acids is 1. The molecule has 1 aliphatic rings. The maximum atomic E-state index is 11.9. The molecule has 4 rings (SSSR count). The first-order valence-electron chi connectivity index (χ1n) is 7.15. The van der Waals surface area contributed by atoms with Crippen molar-refractivity contribution in [1.29, 1.82) is 0 Å². The number of nitrogens with two attached hydrogens (primary N) is 1. The highest BCUT2D eigenvalue weighted by Gasteiger charge is 2.25. The van der Waals surface area contributed by atoms with Crippen LogP contribution in [0, 0.1) is 5.92 Å². The molecule has 2 aromatic carbocycles. The van der Waals surface area contributed by atoms with Gasteiger partial charge >= 0.3 is 0 Å². The number of rotatable bonds is 3. The lowest BCUT2D eigenvalue weighted by molar-refractivity contribution is 0.100. The number of amides is 1. The first kappa shape index (κ1) is 12.9. The molecule has 3 aromatic rings. The minimum atomic E-state index is -0.374. The highest BCUT2D eigenvalue weighted by molar-refractivity contribution is 9.10. The van der Waals surface area contributed by atoms with Crippen molar-refractivity contribution in [2.24, 2.45) is 11.7 Å². The van der Waals surface area contributed by atoms with E-state index < -0.39 is 0 Å². The molecule has 1 amide bonds. The van der Waals surface area contributed by atoms with Crippen LogP contribution in [0.2, 0.25) is 0 Å². The zero-order chi connectivity index (χ0) is 14.6. The number of halogens is 1. The molecule has 1 fully saturated rings. The van der Waals surface area contributed by atoms with Crippen molar-refractivity contribution < 1.29 is 4.79 Å². The summed E-state index contributed by atoms with van der Waals surface area (Å²) in [7, 11) is 0. The topological polar surface area (TPSA) is 48.0 Å². The van der Waals surface area contributed by atoms with Crippen molar-refractivity contribution in [3.8, 4) is 0 Å². The van der Waals surface area contributed by atoms with Gasteiger partial charge in [0, 0.05) is 27.3 Å². The third-order valence-corrected chi connectivity index (χ3v) is 4.69. The molecule has 2 N–H and O–H groups in total. The highest BCUT2D eigenvalue weighted by atomic mass is 79.9. The molecule has 21 heavy (non-hydrogen) atoms. The molecule has 1 aromatic heterocycles. The Morgan fingerprint density at radius 3 is 2.71 bits per heavy atom. The number of fused-ring (bicyclic) bond motifs is 3. The maximum absolute atomic E-state index is 11.9. The van der Waals surface area contributed by atoms with E-state index in [1.807, 2.05) is 18.2 Å². The van der Waals surface area contributed by atoms with Crippen LogP contribution in [0.3, 0.4) is 0 Å². The van der Waals surface area contributed by atoms with Gasteiger partial charge in [-0.1, -0.05) is 34.1 Å². The van der Waals surface area contributed by atoms with Crippen LogP contribution in [0.5, 0.6) is 0 Å². The Morgan fingerprint density at radius 1 is 1.24 bits per heavy atom. The van der Waals surface area contributed by atoms with Crippen LogP contribution >= 0.6 is 15.9 Å². The van der Waals surface area contributed by atoms with Crippen molar-refractivity contribution in [3.05, 3.63) is 46.4 Å². The van der Waals surface area contributed by atoms with Gasteiger partial charge in [-0.3, -0.25) is 4.79 Å². The zero-order valence-electron chi connectivity index (χ0n) is 11.5. The lowest BCUT2D eigenvalue weighted by Crippen LogP contribution is -2.13. The Labute approximate surface area is 130 Å². The third-order valence-electron chi connectivity index (χ3n) is 4.23. The molecular formula is C17H15BrN2O. The van der Waals surface area contributed by atoms with E-state index >= 15 is 0 Å². The van der Waals surface area contributed by atoms with E-state index in [1.165, 1.54) is 23.7 Å². The Kier molecular flexibility index (Phi) is 2.82. The molecule has 0 bridgehead atoms. The predicted octanol–water partition coefficient (Wildman–Crippen LogP) is 4.07. The third kappa shape index (κ3) is 2.05. The average molecular weight is 343 g/mol. The Hall–Kier alpha value is -1.81. The molecule has 0 saturated heterocycles. The molecule has 1 heterocycles. The lowest BCUT2D eigenvalue weighted by Gasteiger charge is -2.09. The molecule has 0 unspecified atom stereocenters. The van der Waals surface area contributed by atoms with Crippen LogP contribution in [-0.4, -0.2) is 10.5 Å². The number of hydrogen-bond acceptors (Lipinski definition) is 1. The summed E-state index contributed by atoms with van der Waals surface area (Å²) < 4.78 is 3.16. The lowest BCUT2D eigenvalue weighted by atomic mass is 10.1. The molecule has 0 radical (unpaired) electrons. The normalized spacial score (nSPS) is 14.9. The summed E-state index contributed by atoms with van der Waals surface area (Å²) in [4.78, 5) is 11.9. The molecule has 0 atom stereocenters. The summed E-state index contributed by atoms with van der Waals surface area (Å²) in [5.74, 6) is 0.356. The average Bonchev–Trinajstić information content (AvgIpc) is 3.23. The second-order valence-corrected chi connectivity index (χ2v) is 6.70. The second-order valence-electron chi connectivity index (χ2n) is 5.78. The number of benzene rings is 2. The van der Waals surface area contributed by atoms with Gasteiger partial charge in [0.15, 0.2) is 0 Å². The molecule has 4 heteroatoms. The van der Waals surface area contributed by atoms with E-state index in [0.717, 1.165) is 27.8 Å². The number of primary amides is 1.